The Morgan fingerprint density at radius 2 is 2.30 bits per heavy atom. The number of unbranched alkanes of at least 4 members (excludes halogenated alkanes) is 1. The molecule has 0 unspecified atom stereocenters. The molecule has 1 atom stereocenters. The summed E-state index contributed by atoms with van der Waals surface area (Å²) in [5.74, 6) is -0.947. The molecule has 0 aromatic carbocycles. The van der Waals surface area contributed by atoms with Crippen LogP contribution >= 0.6 is 0 Å². The Labute approximate surface area is 60.0 Å². The van der Waals surface area contributed by atoms with Crippen LogP contribution in [-0.4, -0.2) is 18.7 Å². The van der Waals surface area contributed by atoms with Crippen LogP contribution in [0.25, 0.3) is 0 Å². The zero-order valence-electron chi connectivity index (χ0n) is 5.84. The maximum atomic E-state index is 9.92. The zero-order chi connectivity index (χ0) is 7.40. The summed E-state index contributed by atoms with van der Waals surface area (Å²) in [6.45, 7) is 0.866. The van der Waals surface area contributed by atoms with Crippen molar-refractivity contribution in [2.24, 2.45) is 0 Å². The van der Waals surface area contributed by atoms with Gasteiger partial charge in [-0.25, -0.2) is 0 Å². The second kappa shape index (κ2) is 3.56. The highest BCUT2D eigenvalue weighted by atomic mass is 16.6. The van der Waals surface area contributed by atoms with Crippen LogP contribution < -0.4 is 5.11 Å². The van der Waals surface area contributed by atoms with Crippen LogP contribution in [0.1, 0.15) is 25.7 Å². The van der Waals surface area contributed by atoms with Gasteiger partial charge in [-0.15, -0.1) is 0 Å². The number of ether oxygens (including phenoxy) is 1. The number of aliphatic carboxylic acids is 1. The van der Waals surface area contributed by atoms with Gasteiger partial charge in [-0.3, -0.25) is 0 Å². The quantitative estimate of drug-likeness (QED) is 0.392. The minimum atomic E-state index is -0.947. The van der Waals surface area contributed by atoms with Crippen molar-refractivity contribution in [3.8, 4) is 0 Å². The Kier molecular flexibility index (Phi) is 2.68. The number of carbonyl (C=O) groups is 1. The average Bonchev–Trinajstić information content (AvgIpc) is 2.62. The molecule has 0 aliphatic carbocycles. The Balaban J connectivity index is 1.80. The van der Waals surface area contributed by atoms with Crippen LogP contribution in [0.15, 0.2) is 0 Å². The molecule has 0 spiro atoms. The maximum Gasteiger partial charge on any atom is 0.0810 e. The highest BCUT2D eigenvalue weighted by Crippen LogP contribution is 2.16. The predicted octanol–water partition coefficient (Wildman–Crippen LogP) is -0.305. The third-order valence-electron chi connectivity index (χ3n) is 1.56. The normalized spacial score (nSPS) is 22.6. The van der Waals surface area contributed by atoms with Gasteiger partial charge in [0.25, 0.3) is 0 Å². The fourth-order valence-corrected chi connectivity index (χ4v) is 0.876. The van der Waals surface area contributed by atoms with Gasteiger partial charge in [0, 0.05) is 5.97 Å². The molecule has 3 nitrogen and oxygen atoms in total. The van der Waals surface area contributed by atoms with Crippen LogP contribution in [0.5, 0.6) is 0 Å². The summed E-state index contributed by atoms with van der Waals surface area (Å²) in [4.78, 5) is 9.92. The van der Waals surface area contributed by atoms with E-state index in [0.29, 0.717) is 6.10 Å². The third kappa shape index (κ3) is 3.45. The molecular formula is C7H11O3-. The molecule has 0 radical (unpaired) electrons. The van der Waals surface area contributed by atoms with Crippen LogP contribution in [0, 0.1) is 0 Å². The summed E-state index contributed by atoms with van der Waals surface area (Å²) < 4.78 is 4.95. The van der Waals surface area contributed by atoms with E-state index in [2.05, 4.69) is 0 Å². The number of rotatable bonds is 5. The zero-order valence-corrected chi connectivity index (χ0v) is 5.84. The van der Waals surface area contributed by atoms with E-state index in [1.807, 2.05) is 0 Å². The first-order valence-corrected chi connectivity index (χ1v) is 3.60. The summed E-state index contributed by atoms with van der Waals surface area (Å²) in [6, 6.07) is 0. The van der Waals surface area contributed by atoms with Crippen molar-refractivity contribution in [2.45, 2.75) is 31.8 Å². The van der Waals surface area contributed by atoms with Gasteiger partial charge in [-0.2, -0.15) is 0 Å². The molecule has 0 bridgehead atoms. The molecule has 3 heteroatoms. The smallest absolute Gasteiger partial charge is 0.0810 e. The van der Waals surface area contributed by atoms with E-state index >= 15 is 0 Å². The van der Waals surface area contributed by atoms with E-state index in [1.165, 1.54) is 0 Å². The number of epoxide rings is 1. The van der Waals surface area contributed by atoms with Gasteiger partial charge in [-0.1, -0.05) is 6.42 Å². The van der Waals surface area contributed by atoms with Gasteiger partial charge in [0.2, 0.25) is 0 Å². The lowest BCUT2D eigenvalue weighted by Crippen LogP contribution is -2.21. The summed E-state index contributed by atoms with van der Waals surface area (Å²) in [6.07, 6.45) is 3.29. The van der Waals surface area contributed by atoms with Gasteiger partial charge in [0.05, 0.1) is 12.7 Å². The van der Waals surface area contributed by atoms with Gasteiger partial charge < -0.3 is 14.6 Å². The van der Waals surface area contributed by atoms with Crippen molar-refractivity contribution in [1.82, 2.24) is 0 Å². The molecule has 0 N–H and O–H groups in total. The topological polar surface area (TPSA) is 52.7 Å². The summed E-state index contributed by atoms with van der Waals surface area (Å²) in [7, 11) is 0. The van der Waals surface area contributed by atoms with Crippen LogP contribution in [0.4, 0.5) is 0 Å². The van der Waals surface area contributed by atoms with Crippen molar-refractivity contribution >= 4 is 5.97 Å². The number of hydrogen-bond donors (Lipinski definition) is 0. The van der Waals surface area contributed by atoms with E-state index in [1.54, 1.807) is 0 Å². The Morgan fingerprint density at radius 3 is 2.80 bits per heavy atom. The van der Waals surface area contributed by atoms with E-state index in [9.17, 15) is 9.90 Å². The van der Waals surface area contributed by atoms with Gasteiger partial charge in [0.1, 0.15) is 0 Å². The second-order valence-corrected chi connectivity index (χ2v) is 2.57. The molecule has 1 rings (SSSR count). The molecule has 1 saturated heterocycles. The molecule has 0 amide bonds. The van der Waals surface area contributed by atoms with E-state index in [-0.39, 0.29) is 6.42 Å². The lowest BCUT2D eigenvalue weighted by Gasteiger charge is -1.99. The summed E-state index contributed by atoms with van der Waals surface area (Å²) in [5, 5.41) is 9.92. The molecule has 1 aliphatic heterocycles. The first-order valence-electron chi connectivity index (χ1n) is 3.60. The number of carboxylic acids is 1. The molecule has 58 valence electrons. The molecule has 10 heavy (non-hydrogen) atoms. The number of carboxylic acid groups (broad SMARTS) is 1. The van der Waals surface area contributed by atoms with Crippen molar-refractivity contribution in [3.63, 3.8) is 0 Å². The van der Waals surface area contributed by atoms with Gasteiger partial charge >= 0.3 is 0 Å². The first-order chi connectivity index (χ1) is 4.79. The van der Waals surface area contributed by atoms with Crippen molar-refractivity contribution in [3.05, 3.63) is 0 Å². The number of carbonyl (C=O) groups excluding carboxylic acids is 1. The average molecular weight is 143 g/mol. The minimum Gasteiger partial charge on any atom is -0.550 e. The predicted molar refractivity (Wildman–Crippen MR) is 33.2 cm³/mol. The number of hydrogen-bond acceptors (Lipinski definition) is 3. The van der Waals surface area contributed by atoms with Crippen LogP contribution in [0.3, 0.4) is 0 Å². The van der Waals surface area contributed by atoms with Crippen molar-refractivity contribution < 1.29 is 14.6 Å². The Bertz CT molecular complexity index is 118. The molecule has 0 saturated carbocycles. The fourth-order valence-electron chi connectivity index (χ4n) is 0.876. The molecule has 0 aromatic heterocycles. The standard InChI is InChI=1S/C7H12O3/c8-7(9)4-2-1-3-6-5-10-6/h6H,1-5H2,(H,8,9)/p-1/t6-/m1/s1. The Hall–Kier alpha value is -0.570. The molecular weight excluding hydrogens is 132 g/mol. The maximum absolute atomic E-state index is 9.92. The highest BCUT2D eigenvalue weighted by molar-refractivity contribution is 5.63. The van der Waals surface area contributed by atoms with Crippen LogP contribution in [0.2, 0.25) is 0 Å². The Morgan fingerprint density at radius 1 is 1.60 bits per heavy atom. The lowest BCUT2D eigenvalue weighted by molar-refractivity contribution is -0.305. The molecule has 1 fully saturated rings. The third-order valence-corrected chi connectivity index (χ3v) is 1.56. The summed E-state index contributed by atoms with van der Waals surface area (Å²) >= 11 is 0. The van der Waals surface area contributed by atoms with Crippen molar-refractivity contribution in [2.75, 3.05) is 6.61 Å². The largest absolute Gasteiger partial charge is 0.550 e. The van der Waals surface area contributed by atoms with Crippen LogP contribution in [-0.2, 0) is 9.53 Å². The molecule has 1 heterocycles. The van der Waals surface area contributed by atoms with E-state index in [4.69, 9.17) is 4.74 Å². The first kappa shape index (κ1) is 7.54. The van der Waals surface area contributed by atoms with E-state index in [0.717, 1.165) is 25.9 Å². The monoisotopic (exact) mass is 143 g/mol. The van der Waals surface area contributed by atoms with Gasteiger partial charge in [0.15, 0.2) is 0 Å². The SMILES string of the molecule is O=C([O-])CCCC[C@@H]1CO1. The molecule has 0 aromatic rings. The lowest BCUT2D eigenvalue weighted by atomic mass is 10.1. The highest BCUT2D eigenvalue weighted by Gasteiger charge is 2.20. The molecule has 1 aliphatic rings. The minimum absolute atomic E-state index is 0.187. The van der Waals surface area contributed by atoms with Gasteiger partial charge in [-0.05, 0) is 19.3 Å². The fraction of sp³-hybridized carbons (Fsp3) is 0.857. The van der Waals surface area contributed by atoms with E-state index < -0.39 is 5.97 Å². The van der Waals surface area contributed by atoms with Crippen molar-refractivity contribution in [1.29, 1.82) is 0 Å². The summed E-state index contributed by atoms with van der Waals surface area (Å²) in [5.41, 5.74) is 0. The second-order valence-electron chi connectivity index (χ2n) is 2.57.